The maximum Gasteiger partial charge on any atom is 0.416 e. The molecule has 25 heavy (non-hydrogen) atoms. The van der Waals surface area contributed by atoms with E-state index in [9.17, 15) is 22.8 Å². The van der Waals surface area contributed by atoms with Gasteiger partial charge < -0.3 is 10.1 Å². The van der Waals surface area contributed by atoms with Crippen molar-refractivity contribution in [3.8, 4) is 0 Å². The van der Waals surface area contributed by atoms with Crippen LogP contribution in [0.2, 0.25) is 0 Å². The summed E-state index contributed by atoms with van der Waals surface area (Å²) in [5.41, 5.74) is 0.478. The first-order valence-electron chi connectivity index (χ1n) is 7.47. The van der Waals surface area contributed by atoms with Crippen LogP contribution in [0, 0.1) is 0 Å². The summed E-state index contributed by atoms with van der Waals surface area (Å²) in [6.45, 7) is -0.460. The topological polar surface area (TPSA) is 55.4 Å². The first-order valence-corrected chi connectivity index (χ1v) is 7.47. The third-order valence-electron chi connectivity index (χ3n) is 3.32. The van der Waals surface area contributed by atoms with Gasteiger partial charge in [0.2, 0.25) is 5.91 Å². The van der Waals surface area contributed by atoms with Crippen LogP contribution in [0.5, 0.6) is 0 Å². The van der Waals surface area contributed by atoms with E-state index in [1.54, 1.807) is 24.3 Å². The molecule has 0 fully saturated rings. The van der Waals surface area contributed by atoms with E-state index in [0.29, 0.717) is 5.56 Å². The SMILES string of the molecule is O=C(Cc1ccccc1)NCC(=O)OCc1ccc(C(F)(F)F)cc1. The highest BCUT2D eigenvalue weighted by Gasteiger charge is 2.29. The summed E-state index contributed by atoms with van der Waals surface area (Å²) >= 11 is 0. The van der Waals surface area contributed by atoms with E-state index in [-0.39, 0.29) is 25.5 Å². The van der Waals surface area contributed by atoms with Gasteiger partial charge in [-0.05, 0) is 23.3 Å². The Morgan fingerprint density at radius 3 is 2.16 bits per heavy atom. The first-order chi connectivity index (χ1) is 11.8. The van der Waals surface area contributed by atoms with Gasteiger partial charge in [-0.3, -0.25) is 9.59 Å². The molecule has 4 nitrogen and oxygen atoms in total. The second kappa shape index (κ2) is 8.32. The smallest absolute Gasteiger partial charge is 0.416 e. The molecule has 7 heteroatoms. The molecule has 0 bridgehead atoms. The van der Waals surface area contributed by atoms with Crippen LogP contribution in [0.1, 0.15) is 16.7 Å². The Labute approximate surface area is 142 Å². The summed E-state index contributed by atoms with van der Waals surface area (Å²) in [7, 11) is 0. The minimum atomic E-state index is -4.40. The largest absolute Gasteiger partial charge is 0.460 e. The number of carbonyl (C=O) groups is 2. The van der Waals surface area contributed by atoms with Crippen LogP contribution >= 0.6 is 0 Å². The van der Waals surface area contributed by atoms with E-state index in [0.717, 1.165) is 17.7 Å². The highest BCUT2D eigenvalue weighted by Crippen LogP contribution is 2.29. The number of alkyl halides is 3. The number of halogens is 3. The van der Waals surface area contributed by atoms with Crippen molar-refractivity contribution in [2.75, 3.05) is 6.54 Å². The van der Waals surface area contributed by atoms with Crippen LogP contribution in [0.3, 0.4) is 0 Å². The van der Waals surface area contributed by atoms with Gasteiger partial charge in [-0.15, -0.1) is 0 Å². The fourth-order valence-electron chi connectivity index (χ4n) is 2.02. The molecule has 0 atom stereocenters. The Morgan fingerprint density at radius 1 is 0.920 bits per heavy atom. The molecule has 0 saturated heterocycles. The quantitative estimate of drug-likeness (QED) is 0.814. The van der Waals surface area contributed by atoms with Gasteiger partial charge >= 0.3 is 12.1 Å². The van der Waals surface area contributed by atoms with E-state index in [2.05, 4.69) is 5.32 Å². The summed E-state index contributed by atoms with van der Waals surface area (Å²) in [5.74, 6) is -0.987. The van der Waals surface area contributed by atoms with Crippen LogP contribution < -0.4 is 5.32 Å². The predicted molar refractivity (Wildman–Crippen MR) is 84.4 cm³/mol. The predicted octanol–water partition coefficient (Wildman–Crippen LogP) is 3.11. The molecule has 0 unspecified atom stereocenters. The van der Waals surface area contributed by atoms with Crippen molar-refractivity contribution in [1.82, 2.24) is 5.32 Å². The maximum atomic E-state index is 12.4. The normalized spacial score (nSPS) is 11.0. The summed E-state index contributed by atoms with van der Waals surface area (Å²) in [5, 5.41) is 2.43. The Morgan fingerprint density at radius 2 is 1.56 bits per heavy atom. The molecule has 0 aromatic heterocycles. The maximum absolute atomic E-state index is 12.4. The average molecular weight is 351 g/mol. The number of carbonyl (C=O) groups excluding carboxylic acids is 2. The Kier molecular flexibility index (Phi) is 6.16. The zero-order valence-electron chi connectivity index (χ0n) is 13.2. The van der Waals surface area contributed by atoms with Gasteiger partial charge in [0.1, 0.15) is 13.2 Å². The van der Waals surface area contributed by atoms with Crippen molar-refractivity contribution >= 4 is 11.9 Å². The molecular weight excluding hydrogens is 335 g/mol. The third-order valence-corrected chi connectivity index (χ3v) is 3.32. The first kappa shape index (κ1) is 18.5. The lowest BCUT2D eigenvalue weighted by Gasteiger charge is -2.09. The lowest BCUT2D eigenvalue weighted by atomic mass is 10.1. The number of nitrogens with one attached hydrogen (secondary N) is 1. The number of amides is 1. The molecular formula is C18H16F3NO3. The third kappa shape index (κ3) is 6.29. The van der Waals surface area contributed by atoms with Crippen LogP contribution in [0.25, 0.3) is 0 Å². The second-order valence-electron chi connectivity index (χ2n) is 5.29. The van der Waals surface area contributed by atoms with E-state index >= 15 is 0 Å². The minimum absolute atomic E-state index is 0.146. The standard InChI is InChI=1S/C18H16F3NO3/c19-18(20,21)15-8-6-14(7-9-15)12-25-17(24)11-22-16(23)10-13-4-2-1-3-5-13/h1-9H,10-12H2,(H,22,23). The average Bonchev–Trinajstić information content (AvgIpc) is 2.58. The number of hydrogen-bond donors (Lipinski definition) is 1. The zero-order valence-corrected chi connectivity index (χ0v) is 13.2. The van der Waals surface area contributed by atoms with Gasteiger partial charge in [0.25, 0.3) is 0 Å². The lowest BCUT2D eigenvalue weighted by Crippen LogP contribution is -2.31. The van der Waals surface area contributed by atoms with Gasteiger partial charge in [-0.25, -0.2) is 0 Å². The minimum Gasteiger partial charge on any atom is -0.460 e. The number of esters is 1. The molecule has 1 amide bonds. The molecule has 2 rings (SSSR count). The van der Waals surface area contributed by atoms with E-state index in [1.807, 2.05) is 6.07 Å². The number of ether oxygens (including phenoxy) is 1. The lowest BCUT2D eigenvalue weighted by molar-refractivity contribution is -0.145. The van der Waals surface area contributed by atoms with Gasteiger partial charge in [0.15, 0.2) is 0 Å². The van der Waals surface area contributed by atoms with Gasteiger partial charge in [-0.1, -0.05) is 42.5 Å². The molecule has 0 saturated carbocycles. The van der Waals surface area contributed by atoms with Crippen molar-refractivity contribution in [1.29, 1.82) is 0 Å². The number of hydrogen-bond acceptors (Lipinski definition) is 3. The summed E-state index contributed by atoms with van der Waals surface area (Å²) in [6.07, 6.45) is -4.26. The molecule has 1 N–H and O–H groups in total. The monoisotopic (exact) mass is 351 g/mol. The van der Waals surface area contributed by atoms with Gasteiger partial charge in [-0.2, -0.15) is 13.2 Å². The highest BCUT2D eigenvalue weighted by atomic mass is 19.4. The second-order valence-corrected chi connectivity index (χ2v) is 5.29. The number of rotatable bonds is 6. The van der Waals surface area contributed by atoms with Crippen LogP contribution in [0.15, 0.2) is 54.6 Å². The van der Waals surface area contributed by atoms with Crippen molar-refractivity contribution < 1.29 is 27.5 Å². The molecule has 132 valence electrons. The molecule has 0 aliphatic carbocycles. The van der Waals surface area contributed by atoms with Crippen LogP contribution in [0.4, 0.5) is 13.2 Å². The molecule has 2 aromatic rings. The van der Waals surface area contributed by atoms with Crippen LogP contribution in [-0.2, 0) is 33.5 Å². The van der Waals surface area contributed by atoms with Gasteiger partial charge in [0, 0.05) is 0 Å². The molecule has 0 aliphatic heterocycles. The fraction of sp³-hybridized carbons (Fsp3) is 0.222. The zero-order chi connectivity index (χ0) is 18.3. The van der Waals surface area contributed by atoms with Crippen molar-refractivity contribution in [3.05, 3.63) is 71.3 Å². The van der Waals surface area contributed by atoms with Crippen molar-refractivity contribution in [2.45, 2.75) is 19.2 Å². The molecule has 2 aromatic carbocycles. The van der Waals surface area contributed by atoms with E-state index < -0.39 is 17.7 Å². The highest BCUT2D eigenvalue weighted by molar-refractivity contribution is 5.83. The Hall–Kier alpha value is -2.83. The van der Waals surface area contributed by atoms with Crippen molar-refractivity contribution in [2.24, 2.45) is 0 Å². The van der Waals surface area contributed by atoms with E-state index in [4.69, 9.17) is 4.74 Å². The summed E-state index contributed by atoms with van der Waals surface area (Å²) in [6, 6.07) is 13.4. The molecule has 0 spiro atoms. The Balaban J connectivity index is 1.72. The molecule has 0 aliphatic rings. The molecule has 0 heterocycles. The Bertz CT molecular complexity index is 713. The summed E-state index contributed by atoms with van der Waals surface area (Å²) < 4.78 is 42.2. The van der Waals surface area contributed by atoms with Crippen LogP contribution in [-0.4, -0.2) is 18.4 Å². The van der Waals surface area contributed by atoms with E-state index in [1.165, 1.54) is 12.1 Å². The number of benzene rings is 2. The van der Waals surface area contributed by atoms with Gasteiger partial charge in [0.05, 0.1) is 12.0 Å². The fourth-order valence-corrected chi connectivity index (χ4v) is 2.02. The molecule has 0 radical (unpaired) electrons. The summed E-state index contributed by atoms with van der Waals surface area (Å²) in [4.78, 5) is 23.3. The van der Waals surface area contributed by atoms with Crippen molar-refractivity contribution in [3.63, 3.8) is 0 Å².